The Bertz CT molecular complexity index is 491. The first kappa shape index (κ1) is 8.50. The van der Waals surface area contributed by atoms with Gasteiger partial charge in [-0.1, -0.05) is 30.3 Å². The third-order valence-electron chi connectivity index (χ3n) is 1.83. The number of benzene rings is 1. The number of nitrogens with one attached hydrogen (secondary N) is 1. The standard InChI is InChI=1S/C10H8N2O2/c13-8-6-11-9(12-10(8)14)7-4-2-1-3-5-7/h1-6,13H,(H,11,12,14). The smallest absolute Gasteiger partial charge is 0.293 e. The van der Waals surface area contributed by atoms with Crippen LogP contribution in [-0.2, 0) is 0 Å². The van der Waals surface area contributed by atoms with E-state index in [1.807, 2.05) is 30.3 Å². The maximum absolute atomic E-state index is 11.1. The molecule has 70 valence electrons. The molecule has 0 saturated heterocycles. The van der Waals surface area contributed by atoms with Gasteiger partial charge in [0.05, 0.1) is 6.20 Å². The van der Waals surface area contributed by atoms with Crippen LogP contribution in [0.2, 0.25) is 0 Å². The molecule has 0 amide bonds. The van der Waals surface area contributed by atoms with Gasteiger partial charge in [0.15, 0.2) is 5.75 Å². The molecule has 1 aromatic carbocycles. The molecule has 0 fully saturated rings. The molecule has 14 heavy (non-hydrogen) atoms. The van der Waals surface area contributed by atoms with Crippen molar-refractivity contribution in [3.63, 3.8) is 0 Å². The predicted molar refractivity (Wildman–Crippen MR) is 52.0 cm³/mol. The van der Waals surface area contributed by atoms with E-state index in [4.69, 9.17) is 5.11 Å². The van der Waals surface area contributed by atoms with Crippen LogP contribution >= 0.6 is 0 Å². The van der Waals surface area contributed by atoms with E-state index < -0.39 is 5.56 Å². The van der Waals surface area contributed by atoms with Crippen molar-refractivity contribution >= 4 is 0 Å². The summed E-state index contributed by atoms with van der Waals surface area (Å²) < 4.78 is 0. The van der Waals surface area contributed by atoms with Gasteiger partial charge in [-0.05, 0) is 0 Å². The van der Waals surface area contributed by atoms with E-state index in [0.29, 0.717) is 5.82 Å². The molecule has 0 aliphatic rings. The molecule has 0 aliphatic heterocycles. The summed E-state index contributed by atoms with van der Waals surface area (Å²) in [7, 11) is 0. The quantitative estimate of drug-likeness (QED) is 0.705. The van der Waals surface area contributed by atoms with Gasteiger partial charge in [-0.3, -0.25) is 4.79 Å². The summed E-state index contributed by atoms with van der Waals surface area (Å²) in [6.07, 6.45) is 1.14. The molecule has 0 spiro atoms. The molecule has 1 heterocycles. The van der Waals surface area contributed by atoms with Crippen molar-refractivity contribution in [2.45, 2.75) is 0 Å². The zero-order chi connectivity index (χ0) is 9.97. The normalized spacial score (nSPS) is 10.0. The van der Waals surface area contributed by atoms with Crippen LogP contribution in [0.25, 0.3) is 11.4 Å². The van der Waals surface area contributed by atoms with Crippen LogP contribution in [0.3, 0.4) is 0 Å². The van der Waals surface area contributed by atoms with Gasteiger partial charge < -0.3 is 10.1 Å². The summed E-state index contributed by atoms with van der Waals surface area (Å²) in [5, 5.41) is 8.98. The Hall–Kier alpha value is -2.10. The summed E-state index contributed by atoms with van der Waals surface area (Å²) in [6.45, 7) is 0. The Morgan fingerprint density at radius 2 is 1.93 bits per heavy atom. The highest BCUT2D eigenvalue weighted by molar-refractivity contribution is 5.54. The van der Waals surface area contributed by atoms with E-state index in [-0.39, 0.29) is 5.75 Å². The SMILES string of the molecule is O=c1[nH]c(-c2ccccc2)ncc1O. The second-order valence-corrected chi connectivity index (χ2v) is 2.81. The van der Waals surface area contributed by atoms with Gasteiger partial charge in [0, 0.05) is 5.56 Å². The number of aromatic hydroxyl groups is 1. The van der Waals surface area contributed by atoms with Crippen molar-refractivity contribution in [1.82, 2.24) is 9.97 Å². The van der Waals surface area contributed by atoms with E-state index in [2.05, 4.69) is 9.97 Å². The van der Waals surface area contributed by atoms with Gasteiger partial charge in [0.2, 0.25) is 0 Å². The highest BCUT2D eigenvalue weighted by atomic mass is 16.3. The number of aromatic amines is 1. The number of H-pyrrole nitrogens is 1. The lowest BCUT2D eigenvalue weighted by Crippen LogP contribution is -2.07. The Morgan fingerprint density at radius 3 is 2.57 bits per heavy atom. The van der Waals surface area contributed by atoms with Crippen LogP contribution in [-0.4, -0.2) is 15.1 Å². The van der Waals surface area contributed by atoms with Gasteiger partial charge in [-0.25, -0.2) is 4.98 Å². The first-order valence-electron chi connectivity index (χ1n) is 4.11. The fourth-order valence-corrected chi connectivity index (χ4v) is 1.13. The molecule has 0 aliphatic carbocycles. The Morgan fingerprint density at radius 1 is 1.21 bits per heavy atom. The lowest BCUT2D eigenvalue weighted by atomic mass is 10.2. The molecule has 2 aromatic rings. The third kappa shape index (κ3) is 1.50. The topological polar surface area (TPSA) is 66.0 Å². The molecular formula is C10H8N2O2. The number of hydrogen-bond donors (Lipinski definition) is 2. The van der Waals surface area contributed by atoms with Crippen molar-refractivity contribution in [2.75, 3.05) is 0 Å². The first-order chi connectivity index (χ1) is 6.77. The molecule has 4 heteroatoms. The molecular weight excluding hydrogens is 180 g/mol. The second-order valence-electron chi connectivity index (χ2n) is 2.81. The van der Waals surface area contributed by atoms with Crippen molar-refractivity contribution < 1.29 is 5.11 Å². The van der Waals surface area contributed by atoms with Gasteiger partial charge in [-0.2, -0.15) is 0 Å². The zero-order valence-electron chi connectivity index (χ0n) is 7.27. The third-order valence-corrected chi connectivity index (χ3v) is 1.83. The predicted octanol–water partition coefficient (Wildman–Crippen LogP) is 1.14. The van der Waals surface area contributed by atoms with E-state index in [1.54, 1.807) is 0 Å². The molecule has 0 saturated carbocycles. The number of hydrogen-bond acceptors (Lipinski definition) is 3. The minimum atomic E-state index is -0.529. The van der Waals surface area contributed by atoms with E-state index in [9.17, 15) is 4.79 Å². The zero-order valence-corrected chi connectivity index (χ0v) is 7.27. The Kier molecular flexibility index (Phi) is 2.02. The average molecular weight is 188 g/mol. The summed E-state index contributed by atoms with van der Waals surface area (Å²) in [5.41, 5.74) is 0.281. The van der Waals surface area contributed by atoms with Crippen LogP contribution in [0.4, 0.5) is 0 Å². The van der Waals surface area contributed by atoms with Gasteiger partial charge in [-0.15, -0.1) is 0 Å². The molecule has 1 aromatic heterocycles. The van der Waals surface area contributed by atoms with Gasteiger partial charge >= 0.3 is 0 Å². The Balaban J connectivity index is 2.54. The summed E-state index contributed by atoms with van der Waals surface area (Å²) in [6, 6.07) is 9.23. The maximum Gasteiger partial charge on any atom is 0.293 e. The van der Waals surface area contributed by atoms with Crippen molar-refractivity contribution in [3.8, 4) is 17.1 Å². The molecule has 4 nitrogen and oxygen atoms in total. The van der Waals surface area contributed by atoms with Crippen molar-refractivity contribution in [1.29, 1.82) is 0 Å². The van der Waals surface area contributed by atoms with E-state index >= 15 is 0 Å². The van der Waals surface area contributed by atoms with Crippen LogP contribution in [0.5, 0.6) is 5.75 Å². The highest BCUT2D eigenvalue weighted by Gasteiger charge is 2.01. The first-order valence-corrected chi connectivity index (χ1v) is 4.11. The van der Waals surface area contributed by atoms with E-state index in [1.165, 1.54) is 0 Å². The number of nitrogens with zero attached hydrogens (tertiary/aromatic N) is 1. The van der Waals surface area contributed by atoms with Crippen LogP contribution in [0.1, 0.15) is 0 Å². The lowest BCUT2D eigenvalue weighted by molar-refractivity contribution is 0.463. The second kappa shape index (κ2) is 3.33. The van der Waals surface area contributed by atoms with Crippen LogP contribution in [0.15, 0.2) is 41.3 Å². The Labute approximate surface area is 79.9 Å². The maximum atomic E-state index is 11.1. The molecule has 0 bridgehead atoms. The summed E-state index contributed by atoms with van der Waals surface area (Å²) in [5.74, 6) is 0.0816. The number of rotatable bonds is 1. The minimum absolute atomic E-state index is 0.371. The van der Waals surface area contributed by atoms with E-state index in [0.717, 1.165) is 11.8 Å². The highest BCUT2D eigenvalue weighted by Crippen LogP contribution is 2.12. The number of aromatic nitrogens is 2. The fraction of sp³-hybridized carbons (Fsp3) is 0. The largest absolute Gasteiger partial charge is 0.502 e. The summed E-state index contributed by atoms with van der Waals surface area (Å²) in [4.78, 5) is 17.4. The average Bonchev–Trinajstić information content (AvgIpc) is 2.23. The van der Waals surface area contributed by atoms with Crippen molar-refractivity contribution in [2.24, 2.45) is 0 Å². The molecule has 0 atom stereocenters. The minimum Gasteiger partial charge on any atom is -0.502 e. The molecule has 0 unspecified atom stereocenters. The van der Waals surface area contributed by atoms with Crippen LogP contribution in [0, 0.1) is 0 Å². The van der Waals surface area contributed by atoms with Crippen LogP contribution < -0.4 is 5.56 Å². The molecule has 2 rings (SSSR count). The van der Waals surface area contributed by atoms with Gasteiger partial charge in [0.1, 0.15) is 5.82 Å². The molecule has 2 N–H and O–H groups in total. The van der Waals surface area contributed by atoms with Crippen molar-refractivity contribution in [3.05, 3.63) is 46.9 Å². The monoisotopic (exact) mass is 188 g/mol. The lowest BCUT2D eigenvalue weighted by Gasteiger charge is -1.99. The van der Waals surface area contributed by atoms with Gasteiger partial charge in [0.25, 0.3) is 5.56 Å². The fourth-order valence-electron chi connectivity index (χ4n) is 1.13. The summed E-state index contributed by atoms with van der Waals surface area (Å²) >= 11 is 0. The molecule has 0 radical (unpaired) electrons.